The molecule has 0 unspecified atom stereocenters. The number of anilines is 1. The van der Waals surface area contributed by atoms with Crippen LogP contribution in [0.3, 0.4) is 0 Å². The Balaban J connectivity index is 1.44. The molecule has 0 atom stereocenters. The maximum atomic E-state index is 12.6. The zero-order valence-corrected chi connectivity index (χ0v) is 16.4. The minimum atomic E-state index is -0.0606. The van der Waals surface area contributed by atoms with E-state index in [1.54, 1.807) is 0 Å². The van der Waals surface area contributed by atoms with Crippen LogP contribution < -0.4 is 5.32 Å². The van der Waals surface area contributed by atoms with Crippen LogP contribution in [0.2, 0.25) is 0 Å². The van der Waals surface area contributed by atoms with Crippen molar-refractivity contribution in [2.45, 2.75) is 30.5 Å². The van der Waals surface area contributed by atoms with Crippen LogP contribution in [0.15, 0.2) is 72.4 Å². The van der Waals surface area contributed by atoms with Crippen molar-refractivity contribution in [2.24, 2.45) is 0 Å². The third kappa shape index (κ3) is 4.17. The number of amides is 1. The molecule has 6 heteroatoms. The van der Waals surface area contributed by atoms with Crippen LogP contribution in [0.5, 0.6) is 0 Å². The van der Waals surface area contributed by atoms with E-state index in [1.165, 1.54) is 11.8 Å². The molecule has 1 N–H and O–H groups in total. The van der Waals surface area contributed by atoms with E-state index in [2.05, 4.69) is 26.7 Å². The number of hydrogen-bond acceptors (Lipinski definition) is 4. The number of benzene rings is 2. The van der Waals surface area contributed by atoms with Gasteiger partial charge in [0.25, 0.3) is 0 Å². The van der Waals surface area contributed by atoms with Gasteiger partial charge in [-0.15, -0.1) is 16.8 Å². The summed E-state index contributed by atoms with van der Waals surface area (Å²) in [4.78, 5) is 12.6. The Morgan fingerprint density at radius 1 is 1.14 bits per heavy atom. The maximum absolute atomic E-state index is 12.6. The number of rotatable bonds is 8. The number of nitrogens with one attached hydrogen (secondary N) is 1. The largest absolute Gasteiger partial charge is 0.325 e. The Kier molecular flexibility index (Phi) is 5.58. The molecule has 0 spiro atoms. The molecule has 4 rings (SSSR count). The van der Waals surface area contributed by atoms with Crippen molar-refractivity contribution in [1.29, 1.82) is 0 Å². The lowest BCUT2D eigenvalue weighted by molar-refractivity contribution is -0.113. The SMILES string of the molecule is C=CCn1c(SCC(=O)Nc2ccccc2-c2ccccc2)nnc1C1CC1. The predicted molar refractivity (Wildman–Crippen MR) is 113 cm³/mol. The summed E-state index contributed by atoms with van der Waals surface area (Å²) >= 11 is 1.41. The van der Waals surface area contributed by atoms with E-state index in [4.69, 9.17) is 0 Å². The van der Waals surface area contributed by atoms with Gasteiger partial charge in [0, 0.05) is 23.7 Å². The van der Waals surface area contributed by atoms with Gasteiger partial charge >= 0.3 is 0 Å². The number of hydrogen-bond donors (Lipinski definition) is 1. The van der Waals surface area contributed by atoms with Crippen LogP contribution >= 0.6 is 11.8 Å². The Morgan fingerprint density at radius 3 is 2.64 bits per heavy atom. The monoisotopic (exact) mass is 390 g/mol. The molecule has 0 saturated heterocycles. The maximum Gasteiger partial charge on any atom is 0.234 e. The molecule has 142 valence electrons. The highest BCUT2D eigenvalue weighted by Crippen LogP contribution is 2.40. The first kappa shape index (κ1) is 18.5. The van der Waals surface area contributed by atoms with Crippen molar-refractivity contribution < 1.29 is 4.79 Å². The molecular weight excluding hydrogens is 368 g/mol. The molecule has 1 aliphatic rings. The van der Waals surface area contributed by atoms with Crippen molar-refractivity contribution in [3.8, 4) is 11.1 Å². The topological polar surface area (TPSA) is 59.8 Å². The van der Waals surface area contributed by atoms with Gasteiger partial charge in [0.1, 0.15) is 5.82 Å². The molecule has 0 radical (unpaired) electrons. The number of carbonyl (C=O) groups is 1. The van der Waals surface area contributed by atoms with Crippen molar-refractivity contribution in [3.63, 3.8) is 0 Å². The van der Waals surface area contributed by atoms with Crippen molar-refractivity contribution in [1.82, 2.24) is 14.8 Å². The van der Waals surface area contributed by atoms with Gasteiger partial charge in [-0.1, -0.05) is 66.4 Å². The Bertz CT molecular complexity index is 979. The Hall–Kier alpha value is -2.86. The van der Waals surface area contributed by atoms with Crippen LogP contribution in [0.1, 0.15) is 24.6 Å². The third-order valence-corrected chi connectivity index (χ3v) is 5.58. The number of nitrogens with zero attached hydrogens (tertiary/aromatic N) is 3. The number of para-hydroxylation sites is 1. The summed E-state index contributed by atoms with van der Waals surface area (Å²) in [5, 5.41) is 12.4. The minimum Gasteiger partial charge on any atom is -0.325 e. The van der Waals surface area contributed by atoms with Gasteiger partial charge in [-0.05, 0) is 24.5 Å². The zero-order valence-electron chi connectivity index (χ0n) is 15.5. The summed E-state index contributed by atoms with van der Waals surface area (Å²) < 4.78 is 2.07. The van der Waals surface area contributed by atoms with Gasteiger partial charge in [-0.3, -0.25) is 4.79 Å². The average molecular weight is 391 g/mol. The van der Waals surface area contributed by atoms with Crippen LogP contribution in [-0.4, -0.2) is 26.4 Å². The third-order valence-electron chi connectivity index (χ3n) is 4.62. The van der Waals surface area contributed by atoms with Crippen molar-refractivity contribution in [2.75, 3.05) is 11.1 Å². The Morgan fingerprint density at radius 2 is 1.89 bits per heavy atom. The average Bonchev–Trinajstić information content (AvgIpc) is 3.49. The van der Waals surface area contributed by atoms with E-state index in [1.807, 2.05) is 60.7 Å². The lowest BCUT2D eigenvalue weighted by Gasteiger charge is -2.11. The van der Waals surface area contributed by atoms with Crippen LogP contribution in [0, 0.1) is 0 Å². The minimum absolute atomic E-state index is 0.0606. The molecule has 1 aromatic heterocycles. The smallest absolute Gasteiger partial charge is 0.234 e. The van der Waals surface area contributed by atoms with Gasteiger partial charge in [0.2, 0.25) is 5.91 Å². The van der Waals surface area contributed by atoms with E-state index >= 15 is 0 Å². The molecule has 2 aromatic carbocycles. The van der Waals surface area contributed by atoms with E-state index < -0.39 is 0 Å². The summed E-state index contributed by atoms with van der Waals surface area (Å²) in [5.41, 5.74) is 2.89. The fraction of sp³-hybridized carbons (Fsp3) is 0.227. The molecule has 1 amide bonds. The van der Waals surface area contributed by atoms with E-state index in [0.717, 1.165) is 40.6 Å². The van der Waals surface area contributed by atoms with Gasteiger partial charge in [-0.2, -0.15) is 0 Å². The number of carbonyl (C=O) groups excluding carboxylic acids is 1. The zero-order chi connectivity index (χ0) is 19.3. The second-order valence-electron chi connectivity index (χ2n) is 6.76. The lowest BCUT2D eigenvalue weighted by atomic mass is 10.0. The molecular formula is C22H22N4OS. The highest BCUT2D eigenvalue weighted by atomic mass is 32.2. The van der Waals surface area contributed by atoms with Gasteiger partial charge < -0.3 is 9.88 Å². The fourth-order valence-electron chi connectivity index (χ4n) is 3.13. The second-order valence-corrected chi connectivity index (χ2v) is 7.71. The molecule has 3 aromatic rings. The first-order chi connectivity index (χ1) is 13.8. The molecule has 1 fully saturated rings. The van der Waals surface area contributed by atoms with E-state index in [0.29, 0.717) is 12.5 Å². The molecule has 0 aliphatic heterocycles. The summed E-state index contributed by atoms with van der Waals surface area (Å²) in [6, 6.07) is 17.9. The normalized spacial score (nSPS) is 13.3. The standard InChI is InChI=1S/C22H22N4OS/c1-2-14-26-21(17-12-13-17)24-25-22(26)28-15-20(27)23-19-11-7-6-10-18(19)16-8-4-3-5-9-16/h2-11,17H,1,12-15H2,(H,23,27). The summed E-state index contributed by atoms with van der Waals surface area (Å²) in [6.07, 6.45) is 4.17. The Labute approximate surface area is 168 Å². The quantitative estimate of drug-likeness (QED) is 0.446. The van der Waals surface area contributed by atoms with Crippen LogP contribution in [0.4, 0.5) is 5.69 Å². The molecule has 28 heavy (non-hydrogen) atoms. The van der Waals surface area contributed by atoms with Gasteiger partial charge in [0.15, 0.2) is 5.16 Å². The summed E-state index contributed by atoms with van der Waals surface area (Å²) in [6.45, 7) is 4.49. The molecule has 0 bridgehead atoms. The summed E-state index contributed by atoms with van der Waals surface area (Å²) in [5.74, 6) is 1.74. The highest BCUT2D eigenvalue weighted by Gasteiger charge is 2.30. The van der Waals surface area contributed by atoms with Crippen molar-refractivity contribution in [3.05, 3.63) is 73.1 Å². The van der Waals surface area contributed by atoms with E-state index in [9.17, 15) is 4.79 Å². The van der Waals surface area contributed by atoms with Crippen molar-refractivity contribution >= 4 is 23.4 Å². The highest BCUT2D eigenvalue weighted by molar-refractivity contribution is 7.99. The lowest BCUT2D eigenvalue weighted by Crippen LogP contribution is -2.15. The molecule has 1 aliphatic carbocycles. The van der Waals surface area contributed by atoms with Crippen LogP contribution in [-0.2, 0) is 11.3 Å². The number of thioether (sulfide) groups is 1. The first-order valence-electron chi connectivity index (χ1n) is 9.37. The number of allylic oxidation sites excluding steroid dienone is 1. The van der Waals surface area contributed by atoms with E-state index in [-0.39, 0.29) is 11.7 Å². The fourth-order valence-corrected chi connectivity index (χ4v) is 3.88. The molecule has 1 heterocycles. The van der Waals surface area contributed by atoms with Gasteiger partial charge in [-0.25, -0.2) is 0 Å². The summed E-state index contributed by atoms with van der Waals surface area (Å²) in [7, 11) is 0. The predicted octanol–water partition coefficient (Wildman–Crippen LogP) is 4.74. The first-order valence-corrected chi connectivity index (χ1v) is 10.4. The molecule has 5 nitrogen and oxygen atoms in total. The number of aromatic nitrogens is 3. The van der Waals surface area contributed by atoms with Crippen LogP contribution in [0.25, 0.3) is 11.1 Å². The van der Waals surface area contributed by atoms with Gasteiger partial charge in [0.05, 0.1) is 5.75 Å². The second kappa shape index (κ2) is 8.44. The molecule has 1 saturated carbocycles.